The summed E-state index contributed by atoms with van der Waals surface area (Å²) in [5.74, 6) is 0. The molecule has 0 N–H and O–H groups in total. The molecular formula is C26H18ClN5O. The molecule has 3 aromatic heterocycles. The van der Waals surface area contributed by atoms with Crippen molar-refractivity contribution >= 4 is 44.8 Å². The highest BCUT2D eigenvalue weighted by atomic mass is 35.5. The van der Waals surface area contributed by atoms with Crippen LogP contribution in [0.5, 0.6) is 0 Å². The Morgan fingerprint density at radius 2 is 1.45 bits per heavy atom. The van der Waals surface area contributed by atoms with Crippen molar-refractivity contribution in [1.29, 1.82) is 0 Å². The lowest BCUT2D eigenvalue weighted by atomic mass is 10.2. The van der Waals surface area contributed by atoms with Gasteiger partial charge in [0.05, 0.1) is 24.1 Å². The van der Waals surface area contributed by atoms with Gasteiger partial charge in [-0.05, 0) is 29.3 Å². The van der Waals surface area contributed by atoms with Crippen molar-refractivity contribution in [3.8, 4) is 0 Å². The molecule has 6 nitrogen and oxygen atoms in total. The van der Waals surface area contributed by atoms with E-state index in [4.69, 9.17) is 26.6 Å². The van der Waals surface area contributed by atoms with E-state index in [0.29, 0.717) is 40.3 Å². The van der Waals surface area contributed by atoms with Crippen LogP contribution in [0.25, 0.3) is 33.2 Å². The predicted molar refractivity (Wildman–Crippen MR) is 131 cm³/mol. The van der Waals surface area contributed by atoms with Gasteiger partial charge < -0.3 is 4.57 Å². The lowest BCUT2D eigenvalue weighted by molar-refractivity contribution is 0.742. The van der Waals surface area contributed by atoms with E-state index in [2.05, 4.69) is 0 Å². The minimum absolute atomic E-state index is 0.165. The third-order valence-corrected chi connectivity index (χ3v) is 6.17. The highest BCUT2D eigenvalue weighted by molar-refractivity contribution is 6.31. The Kier molecular flexibility index (Phi) is 4.66. The molecule has 6 rings (SSSR count). The van der Waals surface area contributed by atoms with Gasteiger partial charge in [-0.1, -0.05) is 72.3 Å². The average molecular weight is 452 g/mol. The molecule has 6 aromatic rings. The molecule has 0 amide bonds. The third-order valence-electron chi connectivity index (χ3n) is 5.80. The summed E-state index contributed by atoms with van der Waals surface area (Å²) in [4.78, 5) is 28.1. The largest absolute Gasteiger partial charge is 0.304 e. The number of hydrogen-bond acceptors (Lipinski definition) is 4. The first-order valence-electron chi connectivity index (χ1n) is 10.6. The summed E-state index contributed by atoms with van der Waals surface area (Å²) in [6.07, 6.45) is 1.58. The van der Waals surface area contributed by atoms with E-state index < -0.39 is 0 Å². The Labute approximate surface area is 193 Å². The van der Waals surface area contributed by atoms with Gasteiger partial charge in [0.1, 0.15) is 17.2 Å². The highest BCUT2D eigenvalue weighted by Crippen LogP contribution is 2.26. The molecule has 3 heterocycles. The molecule has 160 valence electrons. The summed E-state index contributed by atoms with van der Waals surface area (Å²) in [5.41, 5.74) is 5.08. The van der Waals surface area contributed by atoms with Crippen LogP contribution in [0.3, 0.4) is 0 Å². The van der Waals surface area contributed by atoms with Crippen LogP contribution in [-0.4, -0.2) is 24.1 Å². The van der Waals surface area contributed by atoms with Crippen LogP contribution < -0.4 is 5.56 Å². The summed E-state index contributed by atoms with van der Waals surface area (Å²) >= 11 is 6.34. The van der Waals surface area contributed by atoms with E-state index in [1.54, 1.807) is 10.9 Å². The molecule has 0 aliphatic rings. The maximum Gasteiger partial charge on any atom is 0.265 e. The van der Waals surface area contributed by atoms with Gasteiger partial charge in [-0.25, -0.2) is 15.0 Å². The number of para-hydroxylation sites is 2. The van der Waals surface area contributed by atoms with Crippen LogP contribution in [0.1, 0.15) is 11.1 Å². The van der Waals surface area contributed by atoms with E-state index in [9.17, 15) is 4.79 Å². The van der Waals surface area contributed by atoms with Gasteiger partial charge >= 0.3 is 0 Å². The van der Waals surface area contributed by atoms with Crippen molar-refractivity contribution in [3.63, 3.8) is 0 Å². The van der Waals surface area contributed by atoms with Crippen LogP contribution >= 0.6 is 11.6 Å². The number of benzene rings is 3. The van der Waals surface area contributed by atoms with Crippen molar-refractivity contribution in [3.05, 3.63) is 112 Å². The van der Waals surface area contributed by atoms with Gasteiger partial charge in [-0.2, -0.15) is 0 Å². The highest BCUT2D eigenvalue weighted by Gasteiger charge is 2.20. The fraction of sp³-hybridized carbons (Fsp3) is 0.0769. The van der Waals surface area contributed by atoms with Crippen LogP contribution in [0.2, 0.25) is 5.02 Å². The Morgan fingerprint density at radius 3 is 2.24 bits per heavy atom. The van der Waals surface area contributed by atoms with E-state index in [1.807, 2.05) is 83.4 Å². The fourth-order valence-electron chi connectivity index (χ4n) is 4.18. The number of hydrogen-bond donors (Lipinski definition) is 0. The first kappa shape index (κ1) is 19.6. The normalized spacial score (nSPS) is 11.5. The van der Waals surface area contributed by atoms with E-state index in [0.717, 1.165) is 22.2 Å². The number of nitrogens with zero attached hydrogens (tertiary/aromatic N) is 5. The van der Waals surface area contributed by atoms with Crippen molar-refractivity contribution < 1.29 is 0 Å². The minimum atomic E-state index is -0.165. The monoisotopic (exact) mass is 451 g/mol. The second-order valence-corrected chi connectivity index (χ2v) is 8.33. The first-order valence-corrected chi connectivity index (χ1v) is 11.0. The maximum absolute atomic E-state index is 13.7. The summed E-state index contributed by atoms with van der Waals surface area (Å²) in [7, 11) is 0. The molecule has 0 aliphatic heterocycles. The van der Waals surface area contributed by atoms with Crippen molar-refractivity contribution in [1.82, 2.24) is 24.1 Å². The Balaban J connectivity index is 1.63. The average Bonchev–Trinajstić information content (AvgIpc) is 3.14. The molecule has 0 radical (unpaired) electrons. The number of rotatable bonds is 4. The molecule has 33 heavy (non-hydrogen) atoms. The van der Waals surface area contributed by atoms with Crippen molar-refractivity contribution in [2.24, 2.45) is 0 Å². The summed E-state index contributed by atoms with van der Waals surface area (Å²) in [5, 5.41) is 1.08. The predicted octanol–water partition coefficient (Wildman–Crippen LogP) is 5.04. The zero-order valence-electron chi connectivity index (χ0n) is 17.5. The smallest absolute Gasteiger partial charge is 0.265 e. The van der Waals surface area contributed by atoms with Gasteiger partial charge in [-0.15, -0.1) is 0 Å². The van der Waals surface area contributed by atoms with Gasteiger partial charge in [0, 0.05) is 5.02 Å². The summed E-state index contributed by atoms with van der Waals surface area (Å²) in [6.45, 7) is 0.864. The molecule has 0 fully saturated rings. The number of aromatic nitrogens is 5. The maximum atomic E-state index is 13.7. The number of fused-ring (bicyclic) bond motifs is 4. The van der Waals surface area contributed by atoms with Crippen LogP contribution in [-0.2, 0) is 13.1 Å². The lowest BCUT2D eigenvalue weighted by Gasteiger charge is -2.09. The van der Waals surface area contributed by atoms with Crippen LogP contribution in [0, 0.1) is 0 Å². The van der Waals surface area contributed by atoms with Gasteiger partial charge in [0.25, 0.3) is 5.56 Å². The number of halogens is 1. The Bertz CT molecular complexity index is 1710. The minimum Gasteiger partial charge on any atom is -0.304 e. The zero-order valence-corrected chi connectivity index (χ0v) is 18.3. The van der Waals surface area contributed by atoms with E-state index >= 15 is 0 Å². The molecule has 0 saturated carbocycles. The molecule has 0 bridgehead atoms. The van der Waals surface area contributed by atoms with E-state index in [1.165, 1.54) is 0 Å². The van der Waals surface area contributed by atoms with Gasteiger partial charge in [0.15, 0.2) is 11.3 Å². The molecule has 0 aliphatic carbocycles. The summed E-state index contributed by atoms with van der Waals surface area (Å²) in [6, 6.07) is 25.2. The van der Waals surface area contributed by atoms with Crippen LogP contribution in [0.15, 0.2) is 90.0 Å². The lowest BCUT2D eigenvalue weighted by Crippen LogP contribution is -2.21. The van der Waals surface area contributed by atoms with Crippen molar-refractivity contribution in [2.75, 3.05) is 0 Å². The molecule has 0 atom stereocenters. The zero-order chi connectivity index (χ0) is 22.4. The first-order chi connectivity index (χ1) is 16.2. The Hall–Kier alpha value is -4.03. The topological polar surface area (TPSA) is 65.6 Å². The standard InChI is InChI=1S/C26H18ClN5O/c27-19-11-5-4-10-18(19)15-31-16-28-24-22(26(31)33)23-25(30-21-13-7-6-12-20(21)29-23)32(24)14-17-8-2-1-3-9-17/h1-13,16H,14-15H2. The quantitative estimate of drug-likeness (QED) is 0.376. The van der Waals surface area contributed by atoms with Crippen LogP contribution in [0.4, 0.5) is 0 Å². The molecular weight excluding hydrogens is 434 g/mol. The van der Waals surface area contributed by atoms with Gasteiger partial charge in [-0.3, -0.25) is 9.36 Å². The Morgan fingerprint density at radius 1 is 0.758 bits per heavy atom. The molecule has 7 heteroatoms. The molecule has 0 unspecified atom stereocenters. The molecule has 0 saturated heterocycles. The molecule has 3 aromatic carbocycles. The van der Waals surface area contributed by atoms with Crippen molar-refractivity contribution in [2.45, 2.75) is 13.1 Å². The third kappa shape index (κ3) is 3.36. The fourth-order valence-corrected chi connectivity index (χ4v) is 4.37. The second kappa shape index (κ2) is 7.83. The molecule has 0 spiro atoms. The second-order valence-electron chi connectivity index (χ2n) is 7.92. The van der Waals surface area contributed by atoms with E-state index in [-0.39, 0.29) is 5.56 Å². The summed E-state index contributed by atoms with van der Waals surface area (Å²) < 4.78 is 3.55. The van der Waals surface area contributed by atoms with Gasteiger partial charge in [0.2, 0.25) is 0 Å². The SMILES string of the molecule is O=c1c2c3nc4ccccc4nc3n(Cc3ccccc3)c2ncn1Cc1ccccc1Cl.